The number of ether oxygens (including phenoxy) is 2. The molecule has 1 aliphatic heterocycles. The number of hydrogen-bond donors (Lipinski definition) is 1. The van der Waals surface area contributed by atoms with Crippen LogP contribution in [0.2, 0.25) is 0 Å². The number of amidine groups is 1. The second kappa shape index (κ2) is 11.1. The van der Waals surface area contributed by atoms with E-state index in [1.807, 2.05) is 92.4 Å². The van der Waals surface area contributed by atoms with E-state index in [9.17, 15) is 9.59 Å². The molecular weight excluding hydrogens is 492 g/mol. The van der Waals surface area contributed by atoms with Gasteiger partial charge in [0.1, 0.15) is 12.3 Å². The van der Waals surface area contributed by atoms with Crippen molar-refractivity contribution in [1.29, 1.82) is 0 Å². The molecule has 1 aliphatic rings. The number of ketones is 1. The van der Waals surface area contributed by atoms with Gasteiger partial charge in [0, 0.05) is 35.3 Å². The van der Waals surface area contributed by atoms with Crippen molar-refractivity contribution in [3.63, 3.8) is 0 Å². The first-order chi connectivity index (χ1) is 18.9. The van der Waals surface area contributed by atoms with Crippen LogP contribution in [-0.4, -0.2) is 54.0 Å². The van der Waals surface area contributed by atoms with Crippen LogP contribution in [0.3, 0.4) is 0 Å². The summed E-state index contributed by atoms with van der Waals surface area (Å²) in [4.78, 5) is 33.3. The SMILES string of the molecule is CCOCCN(C1=NC(C)(C)CO1)c1ccc(NC(=O)C(=O)c2c(-c3ccccc3)cc3ccccn23)cc1. The second-order valence-electron chi connectivity index (χ2n) is 9.94. The summed E-state index contributed by atoms with van der Waals surface area (Å²) in [5, 5.41) is 2.77. The highest BCUT2D eigenvalue weighted by atomic mass is 16.5. The summed E-state index contributed by atoms with van der Waals surface area (Å²) in [6, 6.07) is 25.0. The van der Waals surface area contributed by atoms with Gasteiger partial charge in [-0.15, -0.1) is 0 Å². The number of nitrogens with one attached hydrogen (secondary N) is 1. The van der Waals surface area contributed by atoms with Crippen molar-refractivity contribution in [3.8, 4) is 11.1 Å². The molecule has 0 fully saturated rings. The molecule has 0 saturated carbocycles. The fraction of sp³-hybridized carbons (Fsp3) is 0.258. The molecule has 2 aromatic heterocycles. The average Bonchev–Trinajstić information content (AvgIpc) is 3.51. The predicted octanol–water partition coefficient (Wildman–Crippen LogP) is 5.44. The zero-order valence-corrected chi connectivity index (χ0v) is 22.4. The van der Waals surface area contributed by atoms with Gasteiger partial charge in [-0.2, -0.15) is 0 Å². The number of carbonyl (C=O) groups excluding carboxylic acids is 2. The highest BCUT2D eigenvalue weighted by Gasteiger charge is 2.30. The molecule has 0 aliphatic carbocycles. The third-order valence-electron chi connectivity index (χ3n) is 6.47. The Kier molecular flexibility index (Phi) is 7.47. The van der Waals surface area contributed by atoms with Crippen LogP contribution in [0.1, 0.15) is 31.3 Å². The molecule has 39 heavy (non-hydrogen) atoms. The van der Waals surface area contributed by atoms with Gasteiger partial charge < -0.3 is 19.2 Å². The van der Waals surface area contributed by atoms with Gasteiger partial charge in [-0.25, -0.2) is 4.99 Å². The Morgan fingerprint density at radius 1 is 1.05 bits per heavy atom. The van der Waals surface area contributed by atoms with E-state index < -0.39 is 11.7 Å². The van der Waals surface area contributed by atoms with E-state index >= 15 is 0 Å². The quantitative estimate of drug-likeness (QED) is 0.179. The highest BCUT2D eigenvalue weighted by molar-refractivity contribution is 6.47. The monoisotopic (exact) mass is 524 g/mol. The van der Waals surface area contributed by atoms with Crippen LogP contribution in [0.5, 0.6) is 0 Å². The zero-order chi connectivity index (χ0) is 27.4. The van der Waals surface area contributed by atoms with Crippen LogP contribution in [0.25, 0.3) is 16.6 Å². The fourth-order valence-electron chi connectivity index (χ4n) is 4.55. The Labute approximate surface area is 227 Å². The van der Waals surface area contributed by atoms with Crippen LogP contribution in [-0.2, 0) is 14.3 Å². The first-order valence-electron chi connectivity index (χ1n) is 13.1. The number of nitrogens with zero attached hydrogens (tertiary/aromatic N) is 3. The number of pyridine rings is 1. The molecule has 1 N–H and O–H groups in total. The summed E-state index contributed by atoms with van der Waals surface area (Å²) in [5.41, 5.74) is 3.81. The third kappa shape index (κ3) is 5.71. The van der Waals surface area contributed by atoms with Crippen molar-refractivity contribution in [2.45, 2.75) is 26.3 Å². The molecule has 0 spiro atoms. The standard InChI is InChI=1S/C31H32N4O4/c1-4-38-19-18-35(30-33-31(2,3)21-39-30)24-15-13-23(14-16-24)32-29(37)28(36)27-26(22-10-6-5-7-11-22)20-25-12-8-9-17-34(25)27/h5-17,20H,4,18-19,21H2,1-3H3,(H,32,37). The smallest absolute Gasteiger partial charge is 0.298 e. The lowest BCUT2D eigenvalue weighted by molar-refractivity contribution is -0.112. The van der Waals surface area contributed by atoms with E-state index in [0.717, 1.165) is 16.8 Å². The van der Waals surface area contributed by atoms with E-state index in [1.54, 1.807) is 22.7 Å². The Hall–Kier alpha value is -4.43. The van der Waals surface area contributed by atoms with Gasteiger partial charge in [-0.3, -0.25) is 14.5 Å². The zero-order valence-electron chi connectivity index (χ0n) is 22.4. The van der Waals surface area contributed by atoms with Crippen LogP contribution in [0, 0.1) is 0 Å². The minimum Gasteiger partial charge on any atom is -0.462 e. The van der Waals surface area contributed by atoms with E-state index in [-0.39, 0.29) is 5.54 Å². The van der Waals surface area contributed by atoms with Gasteiger partial charge in [0.2, 0.25) is 0 Å². The molecule has 0 saturated heterocycles. The predicted molar refractivity (Wildman–Crippen MR) is 154 cm³/mol. The van der Waals surface area contributed by atoms with Crippen LogP contribution in [0.4, 0.5) is 11.4 Å². The third-order valence-corrected chi connectivity index (χ3v) is 6.47. The van der Waals surface area contributed by atoms with Gasteiger partial charge in [-0.05, 0) is 68.8 Å². The van der Waals surface area contributed by atoms with Gasteiger partial charge >= 0.3 is 0 Å². The van der Waals surface area contributed by atoms with E-state index in [0.29, 0.717) is 49.3 Å². The molecule has 5 rings (SSSR count). The normalized spacial score (nSPS) is 14.1. The van der Waals surface area contributed by atoms with Gasteiger partial charge in [-0.1, -0.05) is 36.4 Å². The lowest BCUT2D eigenvalue weighted by Gasteiger charge is -2.23. The molecule has 3 heterocycles. The maximum atomic E-state index is 13.5. The first kappa shape index (κ1) is 26.2. The second-order valence-corrected chi connectivity index (χ2v) is 9.94. The number of fused-ring (bicyclic) bond motifs is 1. The number of rotatable bonds is 9. The summed E-state index contributed by atoms with van der Waals surface area (Å²) in [7, 11) is 0. The van der Waals surface area contributed by atoms with Gasteiger partial charge in [0.05, 0.1) is 18.7 Å². The summed E-state index contributed by atoms with van der Waals surface area (Å²) >= 11 is 0. The number of anilines is 2. The molecule has 0 unspecified atom stereocenters. The summed E-state index contributed by atoms with van der Waals surface area (Å²) in [5.74, 6) is -1.32. The highest BCUT2D eigenvalue weighted by Crippen LogP contribution is 2.29. The molecule has 4 aromatic rings. The summed E-state index contributed by atoms with van der Waals surface area (Å²) < 4.78 is 13.2. The molecule has 0 atom stereocenters. The number of amides is 1. The number of aromatic nitrogens is 1. The van der Waals surface area contributed by atoms with Crippen molar-refractivity contribution in [1.82, 2.24) is 4.40 Å². The first-order valence-corrected chi connectivity index (χ1v) is 13.1. The van der Waals surface area contributed by atoms with Gasteiger partial charge in [0.25, 0.3) is 17.7 Å². The molecule has 8 heteroatoms. The lowest BCUT2D eigenvalue weighted by atomic mass is 10.0. The van der Waals surface area contributed by atoms with Crippen molar-refractivity contribution in [2.24, 2.45) is 4.99 Å². The Morgan fingerprint density at radius 3 is 2.49 bits per heavy atom. The van der Waals surface area contributed by atoms with Crippen molar-refractivity contribution < 1.29 is 19.1 Å². The molecule has 2 aromatic carbocycles. The van der Waals surface area contributed by atoms with Gasteiger partial charge in [0.15, 0.2) is 0 Å². The number of Topliss-reactive ketones (excluding diaryl/α,β-unsaturated/α-hetero) is 1. The maximum Gasteiger partial charge on any atom is 0.298 e. The molecule has 0 radical (unpaired) electrons. The number of hydrogen-bond acceptors (Lipinski definition) is 6. The van der Waals surface area contributed by atoms with E-state index in [4.69, 9.17) is 14.5 Å². The largest absolute Gasteiger partial charge is 0.462 e. The average molecular weight is 525 g/mol. The summed E-state index contributed by atoms with van der Waals surface area (Å²) in [6.07, 6.45) is 1.79. The number of aliphatic imine (C=N–C) groups is 1. The Balaban J connectivity index is 1.37. The minimum atomic E-state index is -0.706. The Bertz CT molecular complexity index is 1510. The number of carbonyl (C=O) groups is 2. The number of benzene rings is 2. The molecule has 8 nitrogen and oxygen atoms in total. The molecular formula is C31H32N4O4. The van der Waals surface area contributed by atoms with Crippen molar-refractivity contribution >= 4 is 34.6 Å². The molecule has 1 amide bonds. The van der Waals surface area contributed by atoms with Crippen LogP contribution < -0.4 is 10.2 Å². The minimum absolute atomic E-state index is 0.297. The topological polar surface area (TPSA) is 84.6 Å². The van der Waals surface area contributed by atoms with Crippen molar-refractivity contribution in [2.75, 3.05) is 36.6 Å². The maximum absolute atomic E-state index is 13.5. The molecule has 0 bridgehead atoms. The van der Waals surface area contributed by atoms with Crippen molar-refractivity contribution in [3.05, 3.63) is 90.8 Å². The summed E-state index contributed by atoms with van der Waals surface area (Å²) in [6.45, 7) is 8.20. The van der Waals surface area contributed by atoms with Crippen LogP contribution in [0.15, 0.2) is 90.1 Å². The van der Waals surface area contributed by atoms with E-state index in [2.05, 4.69) is 5.32 Å². The van der Waals surface area contributed by atoms with E-state index in [1.165, 1.54) is 0 Å². The van der Waals surface area contributed by atoms with Crippen LogP contribution >= 0.6 is 0 Å². The molecule has 200 valence electrons. The fourth-order valence-corrected chi connectivity index (χ4v) is 4.55. The Morgan fingerprint density at radius 2 is 1.79 bits per heavy atom. The lowest BCUT2D eigenvalue weighted by Crippen LogP contribution is -2.34.